The summed E-state index contributed by atoms with van der Waals surface area (Å²) in [6.45, 7) is 1.27. The molecule has 0 bridgehead atoms. The van der Waals surface area contributed by atoms with Crippen LogP contribution >= 0.6 is 0 Å². The van der Waals surface area contributed by atoms with Crippen molar-refractivity contribution in [3.63, 3.8) is 0 Å². The number of halogens is 2. The Bertz CT molecular complexity index is 797. The van der Waals surface area contributed by atoms with Crippen LogP contribution in [0.25, 0.3) is 0 Å². The predicted molar refractivity (Wildman–Crippen MR) is 107 cm³/mol. The Morgan fingerprint density at radius 2 is 1.69 bits per heavy atom. The first-order chi connectivity index (χ1) is 13.8. The maximum Gasteiger partial charge on any atom is 0.387 e. The van der Waals surface area contributed by atoms with Gasteiger partial charge in [0.15, 0.2) is 0 Å². The van der Waals surface area contributed by atoms with Crippen LogP contribution in [0.15, 0.2) is 54.6 Å². The second-order valence-corrected chi connectivity index (χ2v) is 6.92. The van der Waals surface area contributed by atoms with Crippen LogP contribution in [0.1, 0.15) is 36.2 Å². The zero-order chi connectivity index (χ0) is 21.4. The molecule has 0 heterocycles. The van der Waals surface area contributed by atoms with E-state index < -0.39 is 12.7 Å². The molecule has 2 unspecified atom stereocenters. The van der Waals surface area contributed by atoms with E-state index in [0.29, 0.717) is 5.56 Å². The minimum atomic E-state index is -2.88. The van der Waals surface area contributed by atoms with Gasteiger partial charge in [0.1, 0.15) is 11.8 Å². The summed E-state index contributed by atoms with van der Waals surface area (Å²) in [5.74, 6) is -0.507. The van der Waals surface area contributed by atoms with Crippen LogP contribution in [0.2, 0.25) is 0 Å². The minimum Gasteiger partial charge on any atom is -0.435 e. The maximum absolute atomic E-state index is 13.0. The van der Waals surface area contributed by atoms with Crippen LogP contribution in [0.3, 0.4) is 0 Å². The largest absolute Gasteiger partial charge is 0.435 e. The van der Waals surface area contributed by atoms with E-state index in [1.165, 1.54) is 17.0 Å². The summed E-state index contributed by atoms with van der Waals surface area (Å²) in [4.78, 5) is 27.1. The van der Waals surface area contributed by atoms with Gasteiger partial charge in [0.05, 0.1) is 0 Å². The summed E-state index contributed by atoms with van der Waals surface area (Å²) in [5, 5.41) is 2.85. The molecule has 156 valence electrons. The third kappa shape index (κ3) is 6.55. The van der Waals surface area contributed by atoms with Crippen molar-refractivity contribution in [1.29, 1.82) is 0 Å². The lowest BCUT2D eigenvalue weighted by Crippen LogP contribution is -2.50. The van der Waals surface area contributed by atoms with Crippen molar-refractivity contribution in [2.45, 2.75) is 39.5 Å². The number of likely N-dealkylation sites (N-methyl/N-ethyl adjacent to an activating group) is 1. The molecular formula is C22H26F2N2O3. The van der Waals surface area contributed by atoms with Crippen LogP contribution < -0.4 is 10.1 Å². The first-order valence-electron chi connectivity index (χ1n) is 9.46. The second kappa shape index (κ2) is 10.5. The van der Waals surface area contributed by atoms with Gasteiger partial charge in [-0.15, -0.1) is 0 Å². The van der Waals surface area contributed by atoms with E-state index in [2.05, 4.69) is 10.1 Å². The van der Waals surface area contributed by atoms with Gasteiger partial charge in [0, 0.05) is 19.2 Å². The van der Waals surface area contributed by atoms with Gasteiger partial charge in [-0.05, 0) is 35.7 Å². The number of benzene rings is 2. The number of hydrogen-bond donors (Lipinski definition) is 1. The molecule has 5 nitrogen and oxygen atoms in total. The Kier molecular flexibility index (Phi) is 8.12. The summed E-state index contributed by atoms with van der Waals surface area (Å²) in [6, 6.07) is 14.2. The molecule has 0 aliphatic rings. The fraction of sp³-hybridized carbons (Fsp3) is 0.364. The van der Waals surface area contributed by atoms with Crippen LogP contribution in [-0.2, 0) is 11.3 Å². The average molecular weight is 404 g/mol. The van der Waals surface area contributed by atoms with Crippen LogP contribution in [-0.4, -0.2) is 36.4 Å². The average Bonchev–Trinajstić information content (AvgIpc) is 2.72. The van der Waals surface area contributed by atoms with Crippen LogP contribution in [0.5, 0.6) is 5.75 Å². The van der Waals surface area contributed by atoms with Crippen molar-refractivity contribution in [2.24, 2.45) is 5.92 Å². The van der Waals surface area contributed by atoms with Crippen molar-refractivity contribution >= 4 is 11.8 Å². The molecule has 0 radical (unpaired) electrons. The molecule has 2 rings (SSSR count). The zero-order valence-electron chi connectivity index (χ0n) is 16.8. The lowest BCUT2D eigenvalue weighted by atomic mass is 9.97. The van der Waals surface area contributed by atoms with Gasteiger partial charge in [-0.2, -0.15) is 8.78 Å². The molecule has 0 spiro atoms. The number of ether oxygens (including phenoxy) is 1. The van der Waals surface area contributed by atoms with E-state index in [1.807, 2.05) is 19.9 Å². The standard InChI is InChI=1S/C22H26F2N2O3/c1-4-15(2)19(25-20(27)17-8-6-5-7-9-17)21(28)26(3)14-16-10-12-18(13-11-16)29-22(23)24/h5-13,15,19,22H,4,14H2,1-3H3,(H,25,27). The van der Waals surface area contributed by atoms with Gasteiger partial charge >= 0.3 is 6.61 Å². The summed E-state index contributed by atoms with van der Waals surface area (Å²) in [7, 11) is 1.65. The van der Waals surface area contributed by atoms with Gasteiger partial charge in [-0.1, -0.05) is 50.6 Å². The molecule has 29 heavy (non-hydrogen) atoms. The molecule has 0 aliphatic heterocycles. The molecule has 2 aromatic carbocycles. The smallest absolute Gasteiger partial charge is 0.387 e. The SMILES string of the molecule is CCC(C)C(NC(=O)c1ccccc1)C(=O)N(C)Cc1ccc(OC(F)F)cc1. The van der Waals surface area contributed by atoms with Gasteiger partial charge < -0.3 is 15.0 Å². The normalized spacial score (nSPS) is 12.9. The Hall–Kier alpha value is -2.96. The summed E-state index contributed by atoms with van der Waals surface area (Å²) < 4.78 is 28.8. The fourth-order valence-corrected chi connectivity index (χ4v) is 2.86. The van der Waals surface area contributed by atoms with Crippen LogP contribution in [0, 0.1) is 5.92 Å². The highest BCUT2D eigenvalue weighted by Crippen LogP contribution is 2.17. The fourth-order valence-electron chi connectivity index (χ4n) is 2.86. The summed E-state index contributed by atoms with van der Waals surface area (Å²) in [6.07, 6.45) is 0.721. The molecular weight excluding hydrogens is 378 g/mol. The highest BCUT2D eigenvalue weighted by atomic mass is 19.3. The second-order valence-electron chi connectivity index (χ2n) is 6.92. The molecule has 2 aromatic rings. The first-order valence-corrected chi connectivity index (χ1v) is 9.46. The molecule has 0 saturated heterocycles. The lowest BCUT2D eigenvalue weighted by Gasteiger charge is -2.28. The van der Waals surface area contributed by atoms with Gasteiger partial charge in [-0.3, -0.25) is 9.59 Å². The highest BCUT2D eigenvalue weighted by molar-refractivity contribution is 5.97. The molecule has 0 aromatic heterocycles. The Labute approximate surface area is 169 Å². The van der Waals surface area contributed by atoms with Crippen molar-refractivity contribution in [2.75, 3.05) is 7.05 Å². The van der Waals surface area contributed by atoms with Crippen molar-refractivity contribution in [3.8, 4) is 5.75 Å². The number of nitrogens with zero attached hydrogens (tertiary/aromatic N) is 1. The van der Waals surface area contributed by atoms with E-state index >= 15 is 0 Å². The van der Waals surface area contributed by atoms with Crippen molar-refractivity contribution < 1.29 is 23.1 Å². The molecule has 1 N–H and O–H groups in total. The summed E-state index contributed by atoms with van der Waals surface area (Å²) >= 11 is 0. The molecule has 0 saturated carbocycles. The monoisotopic (exact) mass is 404 g/mol. The van der Waals surface area contributed by atoms with E-state index in [4.69, 9.17) is 0 Å². The van der Waals surface area contributed by atoms with Crippen molar-refractivity contribution in [1.82, 2.24) is 10.2 Å². The Morgan fingerprint density at radius 3 is 2.24 bits per heavy atom. The quantitative estimate of drug-likeness (QED) is 0.685. The molecule has 7 heteroatoms. The van der Waals surface area contributed by atoms with E-state index in [1.54, 1.807) is 43.4 Å². The number of hydrogen-bond acceptors (Lipinski definition) is 3. The number of carbonyl (C=O) groups is 2. The Balaban J connectivity index is 2.06. The number of alkyl halides is 2. The number of rotatable bonds is 9. The van der Waals surface area contributed by atoms with Crippen LogP contribution in [0.4, 0.5) is 8.78 Å². The molecule has 0 fully saturated rings. The zero-order valence-corrected chi connectivity index (χ0v) is 16.8. The lowest BCUT2D eigenvalue weighted by molar-refractivity contribution is -0.133. The molecule has 2 atom stereocenters. The van der Waals surface area contributed by atoms with Gasteiger partial charge in [0.2, 0.25) is 5.91 Å². The van der Waals surface area contributed by atoms with E-state index in [0.717, 1.165) is 12.0 Å². The molecule has 2 amide bonds. The van der Waals surface area contributed by atoms with E-state index in [-0.39, 0.29) is 30.0 Å². The van der Waals surface area contributed by atoms with Crippen molar-refractivity contribution in [3.05, 3.63) is 65.7 Å². The van der Waals surface area contributed by atoms with Gasteiger partial charge in [0.25, 0.3) is 5.91 Å². The topological polar surface area (TPSA) is 58.6 Å². The third-order valence-electron chi connectivity index (χ3n) is 4.75. The number of nitrogens with one attached hydrogen (secondary N) is 1. The highest BCUT2D eigenvalue weighted by Gasteiger charge is 2.28. The number of amides is 2. The van der Waals surface area contributed by atoms with Gasteiger partial charge in [-0.25, -0.2) is 0 Å². The third-order valence-corrected chi connectivity index (χ3v) is 4.75. The molecule has 0 aliphatic carbocycles. The predicted octanol–water partition coefficient (Wildman–Crippen LogP) is 4.09. The minimum absolute atomic E-state index is 0.0561. The maximum atomic E-state index is 13.0. The first kappa shape index (κ1) is 22.3. The number of carbonyl (C=O) groups excluding carboxylic acids is 2. The summed E-state index contributed by atoms with van der Waals surface area (Å²) in [5.41, 5.74) is 1.26. The van der Waals surface area contributed by atoms with E-state index in [9.17, 15) is 18.4 Å². The Morgan fingerprint density at radius 1 is 1.07 bits per heavy atom.